The van der Waals surface area contributed by atoms with Gasteiger partial charge in [0.2, 0.25) is 0 Å². The highest BCUT2D eigenvalue weighted by molar-refractivity contribution is 14.0. The fourth-order valence-corrected chi connectivity index (χ4v) is 2.00. The summed E-state index contributed by atoms with van der Waals surface area (Å²) in [6.07, 6.45) is 9.97. The van der Waals surface area contributed by atoms with Crippen LogP contribution in [0.4, 0.5) is 0 Å². The third-order valence-electron chi connectivity index (χ3n) is 2.96. The van der Waals surface area contributed by atoms with Crippen molar-refractivity contribution in [2.75, 3.05) is 19.7 Å². The van der Waals surface area contributed by atoms with E-state index in [1.807, 2.05) is 12.1 Å². The second-order valence-corrected chi connectivity index (χ2v) is 4.58. The summed E-state index contributed by atoms with van der Waals surface area (Å²) in [4.78, 5) is 8.52. The summed E-state index contributed by atoms with van der Waals surface area (Å²) in [6, 6.07) is 4.22. The standard InChI is InChI=1S/C15H22N4O.HI/c1-2-17-15(19-13-6-3-4-7-13)18-10-11-20-14-8-5-9-16-12-14;/h3-5,8-9,12-13H,2,6-7,10-11H2,1H3,(H2,17,18,19);1H. The lowest BCUT2D eigenvalue weighted by Crippen LogP contribution is -2.42. The largest absolute Gasteiger partial charge is 0.490 e. The second kappa shape index (κ2) is 10.4. The number of ether oxygens (including phenoxy) is 1. The van der Waals surface area contributed by atoms with Crippen LogP contribution in [0.3, 0.4) is 0 Å². The third kappa shape index (κ3) is 6.79. The van der Waals surface area contributed by atoms with Crippen molar-refractivity contribution in [1.29, 1.82) is 0 Å². The van der Waals surface area contributed by atoms with Gasteiger partial charge in [-0.05, 0) is 31.9 Å². The van der Waals surface area contributed by atoms with Crippen LogP contribution in [0.1, 0.15) is 19.8 Å². The van der Waals surface area contributed by atoms with Crippen LogP contribution in [0.5, 0.6) is 5.75 Å². The molecule has 21 heavy (non-hydrogen) atoms. The Labute approximate surface area is 143 Å². The number of hydrogen-bond donors (Lipinski definition) is 2. The van der Waals surface area contributed by atoms with Crippen LogP contribution in [-0.4, -0.2) is 36.7 Å². The molecule has 1 aliphatic rings. The molecule has 0 saturated carbocycles. The molecule has 1 aromatic heterocycles. The van der Waals surface area contributed by atoms with Gasteiger partial charge in [0.25, 0.3) is 0 Å². The van der Waals surface area contributed by atoms with E-state index in [0.717, 1.165) is 31.1 Å². The number of nitrogens with one attached hydrogen (secondary N) is 2. The minimum Gasteiger partial charge on any atom is -0.490 e. The Morgan fingerprint density at radius 3 is 2.90 bits per heavy atom. The molecule has 0 amide bonds. The first kappa shape index (κ1) is 17.7. The van der Waals surface area contributed by atoms with Crippen LogP contribution in [0, 0.1) is 0 Å². The van der Waals surface area contributed by atoms with Crippen LogP contribution < -0.4 is 15.4 Å². The van der Waals surface area contributed by atoms with E-state index in [2.05, 4.69) is 39.7 Å². The van der Waals surface area contributed by atoms with Gasteiger partial charge in [0, 0.05) is 18.8 Å². The summed E-state index contributed by atoms with van der Waals surface area (Å²) >= 11 is 0. The highest BCUT2D eigenvalue weighted by Gasteiger charge is 2.11. The predicted octanol–water partition coefficient (Wildman–Crippen LogP) is 2.35. The molecule has 0 atom stereocenters. The van der Waals surface area contributed by atoms with Crippen LogP contribution in [0.25, 0.3) is 0 Å². The van der Waals surface area contributed by atoms with Crippen molar-refractivity contribution < 1.29 is 4.74 Å². The van der Waals surface area contributed by atoms with Crippen LogP contribution in [-0.2, 0) is 0 Å². The van der Waals surface area contributed by atoms with Gasteiger partial charge in [-0.3, -0.25) is 4.98 Å². The van der Waals surface area contributed by atoms with Gasteiger partial charge in [0.15, 0.2) is 5.96 Å². The molecule has 2 rings (SSSR count). The van der Waals surface area contributed by atoms with Gasteiger partial charge in [-0.25, -0.2) is 4.99 Å². The minimum absolute atomic E-state index is 0. The number of nitrogens with zero attached hydrogens (tertiary/aromatic N) is 2. The molecule has 116 valence electrons. The van der Waals surface area contributed by atoms with E-state index < -0.39 is 0 Å². The van der Waals surface area contributed by atoms with Gasteiger partial charge in [0.05, 0.1) is 12.7 Å². The Morgan fingerprint density at radius 2 is 2.24 bits per heavy atom. The van der Waals surface area contributed by atoms with Crippen molar-refractivity contribution in [2.45, 2.75) is 25.8 Å². The number of rotatable bonds is 6. The number of halogens is 1. The SMILES string of the molecule is CCNC(=NCCOc1cccnc1)NC1CC=CC1.I. The molecular weight excluding hydrogens is 379 g/mol. The molecule has 0 aromatic carbocycles. The van der Waals surface area contributed by atoms with Gasteiger partial charge >= 0.3 is 0 Å². The van der Waals surface area contributed by atoms with E-state index in [-0.39, 0.29) is 24.0 Å². The quantitative estimate of drug-likeness (QED) is 0.252. The minimum atomic E-state index is 0. The Kier molecular flexibility index (Phi) is 8.80. The smallest absolute Gasteiger partial charge is 0.191 e. The van der Waals surface area contributed by atoms with Gasteiger partial charge in [-0.15, -0.1) is 24.0 Å². The number of hydrogen-bond acceptors (Lipinski definition) is 3. The van der Waals surface area contributed by atoms with Crippen LogP contribution >= 0.6 is 24.0 Å². The van der Waals surface area contributed by atoms with Crippen LogP contribution in [0.2, 0.25) is 0 Å². The first-order valence-corrected chi connectivity index (χ1v) is 7.11. The van der Waals surface area contributed by atoms with Crippen molar-refractivity contribution >= 4 is 29.9 Å². The molecular formula is C15H23IN4O. The van der Waals surface area contributed by atoms with Crippen molar-refractivity contribution in [2.24, 2.45) is 4.99 Å². The van der Waals surface area contributed by atoms with Crippen LogP contribution in [0.15, 0.2) is 41.7 Å². The lowest BCUT2D eigenvalue weighted by molar-refractivity contribution is 0.327. The lowest BCUT2D eigenvalue weighted by atomic mass is 10.2. The summed E-state index contributed by atoms with van der Waals surface area (Å²) in [6.45, 7) is 4.08. The average Bonchev–Trinajstić information content (AvgIpc) is 2.98. The monoisotopic (exact) mass is 402 g/mol. The molecule has 1 aromatic rings. The maximum Gasteiger partial charge on any atom is 0.191 e. The summed E-state index contributed by atoms with van der Waals surface area (Å²) in [5.74, 6) is 1.64. The maximum atomic E-state index is 5.57. The highest BCUT2D eigenvalue weighted by atomic mass is 127. The molecule has 1 heterocycles. The zero-order chi connectivity index (χ0) is 14.0. The molecule has 0 saturated heterocycles. The lowest BCUT2D eigenvalue weighted by Gasteiger charge is -2.16. The van der Waals surface area contributed by atoms with E-state index in [1.54, 1.807) is 12.4 Å². The Balaban J connectivity index is 0.00000220. The Bertz CT molecular complexity index is 442. The van der Waals surface area contributed by atoms with E-state index in [1.165, 1.54) is 0 Å². The molecule has 0 unspecified atom stereocenters. The maximum absolute atomic E-state index is 5.57. The number of guanidine groups is 1. The summed E-state index contributed by atoms with van der Waals surface area (Å²) < 4.78 is 5.57. The zero-order valence-electron chi connectivity index (χ0n) is 12.3. The van der Waals surface area contributed by atoms with Crippen molar-refractivity contribution in [3.05, 3.63) is 36.7 Å². The van der Waals surface area contributed by atoms with Gasteiger partial charge in [0.1, 0.15) is 12.4 Å². The molecule has 0 radical (unpaired) electrons. The molecule has 2 N–H and O–H groups in total. The fraction of sp³-hybridized carbons (Fsp3) is 0.467. The second-order valence-electron chi connectivity index (χ2n) is 4.58. The fourth-order valence-electron chi connectivity index (χ4n) is 2.00. The zero-order valence-corrected chi connectivity index (χ0v) is 14.6. The number of pyridine rings is 1. The van der Waals surface area contributed by atoms with Gasteiger partial charge in [-0.1, -0.05) is 12.2 Å². The van der Waals surface area contributed by atoms with Crippen molar-refractivity contribution in [1.82, 2.24) is 15.6 Å². The molecule has 5 nitrogen and oxygen atoms in total. The van der Waals surface area contributed by atoms with E-state index in [0.29, 0.717) is 19.2 Å². The number of aliphatic imine (C=N–C) groups is 1. The summed E-state index contributed by atoms with van der Waals surface area (Å²) in [5, 5.41) is 6.68. The van der Waals surface area contributed by atoms with E-state index >= 15 is 0 Å². The summed E-state index contributed by atoms with van der Waals surface area (Å²) in [7, 11) is 0. The topological polar surface area (TPSA) is 58.5 Å². The predicted molar refractivity (Wildman–Crippen MR) is 96.4 cm³/mol. The molecule has 0 fully saturated rings. The molecule has 0 bridgehead atoms. The Morgan fingerprint density at radius 1 is 1.43 bits per heavy atom. The first-order valence-electron chi connectivity index (χ1n) is 7.11. The first-order chi connectivity index (χ1) is 9.88. The van der Waals surface area contributed by atoms with Gasteiger partial charge in [-0.2, -0.15) is 0 Å². The number of aromatic nitrogens is 1. The average molecular weight is 402 g/mol. The van der Waals surface area contributed by atoms with Crippen molar-refractivity contribution in [3.8, 4) is 5.75 Å². The van der Waals surface area contributed by atoms with E-state index in [9.17, 15) is 0 Å². The van der Waals surface area contributed by atoms with Gasteiger partial charge < -0.3 is 15.4 Å². The molecule has 0 spiro atoms. The molecule has 6 heteroatoms. The molecule has 1 aliphatic carbocycles. The third-order valence-corrected chi connectivity index (χ3v) is 2.96. The Hall–Kier alpha value is -1.31. The highest BCUT2D eigenvalue weighted by Crippen LogP contribution is 2.08. The van der Waals surface area contributed by atoms with E-state index in [4.69, 9.17) is 4.74 Å². The molecule has 0 aliphatic heterocycles. The normalized spacial score (nSPS) is 14.6. The van der Waals surface area contributed by atoms with Crippen molar-refractivity contribution in [3.63, 3.8) is 0 Å². The summed E-state index contributed by atoms with van der Waals surface area (Å²) in [5.41, 5.74) is 0.